The number of rotatable bonds is 6. The number of benzene rings is 1. The minimum absolute atomic E-state index is 0.0642. The molecule has 1 atom stereocenters. The molecule has 2 N–H and O–H groups in total. The van der Waals surface area contributed by atoms with E-state index in [1.54, 1.807) is 12.1 Å². The predicted molar refractivity (Wildman–Crippen MR) is 89.0 cm³/mol. The Bertz CT molecular complexity index is 548. The average Bonchev–Trinajstić information content (AvgIpc) is 2.60. The summed E-state index contributed by atoms with van der Waals surface area (Å²) >= 11 is 0. The summed E-state index contributed by atoms with van der Waals surface area (Å²) in [5.74, 6) is 0.198. The van der Waals surface area contributed by atoms with Gasteiger partial charge < -0.3 is 15.4 Å². The first kappa shape index (κ1) is 17.2. The van der Waals surface area contributed by atoms with Crippen molar-refractivity contribution in [3.05, 3.63) is 48.0 Å². The lowest BCUT2D eigenvalue weighted by Crippen LogP contribution is -2.40. The molecule has 0 radical (unpaired) electrons. The van der Waals surface area contributed by atoms with Gasteiger partial charge in [-0.25, -0.2) is 0 Å². The Labute approximate surface area is 137 Å². The van der Waals surface area contributed by atoms with Crippen LogP contribution in [0.15, 0.2) is 36.9 Å². The van der Waals surface area contributed by atoms with Crippen molar-refractivity contribution in [3.8, 4) is 0 Å². The summed E-state index contributed by atoms with van der Waals surface area (Å²) in [5, 5.41) is 5.77. The highest BCUT2D eigenvalue weighted by Gasteiger charge is 2.22. The molecule has 124 valence electrons. The van der Waals surface area contributed by atoms with Crippen LogP contribution >= 0.6 is 0 Å². The highest BCUT2D eigenvalue weighted by atomic mass is 16.5. The summed E-state index contributed by atoms with van der Waals surface area (Å²) < 4.78 is 5.35. The lowest BCUT2D eigenvalue weighted by Gasteiger charge is -2.28. The topological polar surface area (TPSA) is 67.4 Å². The number of carbonyl (C=O) groups is 2. The van der Waals surface area contributed by atoms with Crippen molar-refractivity contribution in [1.29, 1.82) is 0 Å². The van der Waals surface area contributed by atoms with E-state index >= 15 is 0 Å². The average molecular weight is 316 g/mol. The van der Waals surface area contributed by atoms with Crippen LogP contribution in [-0.2, 0) is 16.1 Å². The van der Waals surface area contributed by atoms with Gasteiger partial charge in [0, 0.05) is 31.4 Å². The second kappa shape index (κ2) is 8.48. The van der Waals surface area contributed by atoms with Crippen molar-refractivity contribution in [2.45, 2.75) is 32.4 Å². The van der Waals surface area contributed by atoms with Crippen LogP contribution in [0.2, 0.25) is 0 Å². The molecule has 0 unspecified atom stereocenters. The largest absolute Gasteiger partial charge is 0.381 e. The summed E-state index contributed by atoms with van der Waals surface area (Å²) in [5.41, 5.74) is 1.57. The van der Waals surface area contributed by atoms with Crippen molar-refractivity contribution >= 4 is 11.8 Å². The lowest BCUT2D eigenvalue weighted by atomic mass is 9.93. The Hall–Kier alpha value is -2.14. The molecule has 1 saturated heterocycles. The van der Waals surface area contributed by atoms with Gasteiger partial charge in [0.2, 0.25) is 5.91 Å². The Morgan fingerprint density at radius 2 is 1.96 bits per heavy atom. The summed E-state index contributed by atoms with van der Waals surface area (Å²) in [6.45, 7) is 7.42. The fourth-order valence-corrected chi connectivity index (χ4v) is 2.66. The van der Waals surface area contributed by atoms with Crippen LogP contribution < -0.4 is 10.6 Å². The predicted octanol–water partition coefficient (Wildman–Crippen LogP) is 2.03. The highest BCUT2D eigenvalue weighted by Crippen LogP contribution is 2.18. The van der Waals surface area contributed by atoms with Gasteiger partial charge in [0.1, 0.15) is 0 Å². The molecule has 23 heavy (non-hydrogen) atoms. The monoisotopic (exact) mass is 316 g/mol. The first-order valence-electron chi connectivity index (χ1n) is 7.98. The zero-order valence-corrected chi connectivity index (χ0v) is 13.5. The number of carbonyl (C=O) groups excluding carboxylic acids is 2. The van der Waals surface area contributed by atoms with E-state index in [9.17, 15) is 9.59 Å². The third kappa shape index (κ3) is 5.21. The van der Waals surface area contributed by atoms with E-state index in [1.165, 1.54) is 6.08 Å². The minimum Gasteiger partial charge on any atom is -0.381 e. The fourth-order valence-electron chi connectivity index (χ4n) is 2.66. The molecule has 5 heteroatoms. The SMILES string of the molecule is C=CC(=O)NCc1ccc(C(=O)N[C@@H](C)C2CCOCC2)cc1. The summed E-state index contributed by atoms with van der Waals surface area (Å²) in [7, 11) is 0. The molecule has 0 spiro atoms. The van der Waals surface area contributed by atoms with Crippen LogP contribution in [0.3, 0.4) is 0 Å². The maximum atomic E-state index is 12.3. The van der Waals surface area contributed by atoms with E-state index in [2.05, 4.69) is 17.2 Å². The third-order valence-corrected chi connectivity index (χ3v) is 4.20. The van der Waals surface area contributed by atoms with Crippen LogP contribution in [0.5, 0.6) is 0 Å². The molecule has 1 aliphatic heterocycles. The van der Waals surface area contributed by atoms with Crippen molar-refractivity contribution in [3.63, 3.8) is 0 Å². The summed E-state index contributed by atoms with van der Waals surface area (Å²) in [4.78, 5) is 23.4. The lowest BCUT2D eigenvalue weighted by molar-refractivity contribution is -0.116. The second-order valence-corrected chi connectivity index (χ2v) is 5.83. The van der Waals surface area contributed by atoms with Crippen LogP contribution in [0.1, 0.15) is 35.7 Å². The molecule has 0 bridgehead atoms. The van der Waals surface area contributed by atoms with Crippen molar-refractivity contribution < 1.29 is 14.3 Å². The van der Waals surface area contributed by atoms with Gasteiger partial charge in [-0.15, -0.1) is 0 Å². The van der Waals surface area contributed by atoms with Gasteiger partial charge in [-0.1, -0.05) is 18.7 Å². The van der Waals surface area contributed by atoms with Gasteiger partial charge >= 0.3 is 0 Å². The zero-order chi connectivity index (χ0) is 16.7. The van der Waals surface area contributed by atoms with Crippen molar-refractivity contribution in [1.82, 2.24) is 10.6 Å². The molecule has 1 aromatic carbocycles. The smallest absolute Gasteiger partial charge is 0.251 e. The maximum Gasteiger partial charge on any atom is 0.251 e. The molecule has 0 saturated carbocycles. The number of nitrogens with one attached hydrogen (secondary N) is 2. The van der Waals surface area contributed by atoms with Crippen LogP contribution in [0, 0.1) is 5.92 Å². The number of hydrogen-bond acceptors (Lipinski definition) is 3. The Kier molecular flexibility index (Phi) is 6.35. The van der Waals surface area contributed by atoms with Gasteiger partial charge in [-0.05, 0) is 49.5 Å². The van der Waals surface area contributed by atoms with Crippen LogP contribution in [-0.4, -0.2) is 31.1 Å². The Balaban J connectivity index is 1.86. The number of hydrogen-bond donors (Lipinski definition) is 2. The van der Waals surface area contributed by atoms with Gasteiger partial charge in [0.25, 0.3) is 5.91 Å². The quantitative estimate of drug-likeness (QED) is 0.789. The first-order valence-corrected chi connectivity index (χ1v) is 7.98. The fraction of sp³-hybridized carbons (Fsp3) is 0.444. The van der Waals surface area contributed by atoms with Gasteiger partial charge in [0.15, 0.2) is 0 Å². The molecule has 1 heterocycles. The molecule has 1 aromatic rings. The van der Waals surface area contributed by atoms with E-state index in [1.807, 2.05) is 19.1 Å². The van der Waals surface area contributed by atoms with E-state index in [0.29, 0.717) is 18.0 Å². The Morgan fingerprint density at radius 3 is 2.57 bits per heavy atom. The molecule has 1 fully saturated rings. The van der Waals surface area contributed by atoms with Crippen molar-refractivity contribution in [2.24, 2.45) is 5.92 Å². The molecule has 1 aliphatic rings. The molecule has 0 aliphatic carbocycles. The molecule has 2 rings (SSSR count). The summed E-state index contributed by atoms with van der Waals surface area (Å²) in [6.07, 6.45) is 3.21. The van der Waals surface area contributed by atoms with E-state index < -0.39 is 0 Å². The number of ether oxygens (including phenoxy) is 1. The van der Waals surface area contributed by atoms with E-state index in [4.69, 9.17) is 4.74 Å². The second-order valence-electron chi connectivity index (χ2n) is 5.83. The van der Waals surface area contributed by atoms with Gasteiger partial charge in [0.05, 0.1) is 0 Å². The van der Waals surface area contributed by atoms with E-state index in [-0.39, 0.29) is 17.9 Å². The minimum atomic E-state index is -0.211. The van der Waals surface area contributed by atoms with Crippen LogP contribution in [0.4, 0.5) is 0 Å². The molecular formula is C18H24N2O3. The van der Waals surface area contributed by atoms with Crippen molar-refractivity contribution in [2.75, 3.05) is 13.2 Å². The normalized spacial score (nSPS) is 16.4. The molecular weight excluding hydrogens is 292 g/mol. The third-order valence-electron chi connectivity index (χ3n) is 4.20. The van der Waals surface area contributed by atoms with Gasteiger partial charge in [-0.3, -0.25) is 9.59 Å². The first-order chi connectivity index (χ1) is 11.1. The molecule has 5 nitrogen and oxygen atoms in total. The Morgan fingerprint density at radius 1 is 1.30 bits per heavy atom. The molecule has 0 aromatic heterocycles. The van der Waals surface area contributed by atoms with Crippen LogP contribution in [0.25, 0.3) is 0 Å². The zero-order valence-electron chi connectivity index (χ0n) is 13.5. The van der Waals surface area contributed by atoms with E-state index in [0.717, 1.165) is 31.6 Å². The standard InChI is InChI=1S/C18H24N2O3/c1-3-17(21)19-12-14-4-6-16(7-5-14)18(22)20-13(2)15-8-10-23-11-9-15/h3-7,13,15H,1,8-12H2,2H3,(H,19,21)(H,20,22)/t13-/m0/s1. The molecule has 2 amide bonds. The van der Waals surface area contributed by atoms with Gasteiger partial charge in [-0.2, -0.15) is 0 Å². The highest BCUT2D eigenvalue weighted by molar-refractivity contribution is 5.94. The number of amides is 2. The summed E-state index contributed by atoms with van der Waals surface area (Å²) in [6, 6.07) is 7.38. The maximum absolute atomic E-state index is 12.3.